The van der Waals surface area contributed by atoms with Gasteiger partial charge in [0.15, 0.2) is 6.30 Å². The van der Waals surface area contributed by atoms with Crippen molar-refractivity contribution in [2.24, 2.45) is 22.7 Å². The Morgan fingerprint density at radius 3 is 2.51 bits per heavy atom. The number of amidine groups is 1. The van der Waals surface area contributed by atoms with Crippen LogP contribution in [0.3, 0.4) is 0 Å². The second-order valence-corrected chi connectivity index (χ2v) is 16.7. The van der Waals surface area contributed by atoms with E-state index in [0.717, 1.165) is 75.0 Å². The van der Waals surface area contributed by atoms with Gasteiger partial charge in [-0.1, -0.05) is 67.9 Å². The molecule has 51 heavy (non-hydrogen) atoms. The monoisotopic (exact) mass is 730 g/mol. The maximum atomic E-state index is 14.4. The number of benzene rings is 2. The first kappa shape index (κ1) is 36.2. The lowest BCUT2D eigenvalue weighted by Gasteiger charge is -2.39. The van der Waals surface area contributed by atoms with E-state index in [-0.39, 0.29) is 17.1 Å². The van der Waals surface area contributed by atoms with E-state index in [2.05, 4.69) is 72.3 Å². The van der Waals surface area contributed by atoms with Gasteiger partial charge in [-0.25, -0.2) is 13.5 Å². The number of fused-ring (bicyclic) bond motifs is 1. The summed E-state index contributed by atoms with van der Waals surface area (Å²) in [6.45, 7) is 10.8. The van der Waals surface area contributed by atoms with Crippen LogP contribution in [0, 0.1) is 23.6 Å². The van der Waals surface area contributed by atoms with E-state index >= 15 is 0 Å². The predicted molar refractivity (Wildman–Crippen MR) is 206 cm³/mol. The fourth-order valence-corrected chi connectivity index (χ4v) is 9.77. The summed E-state index contributed by atoms with van der Waals surface area (Å²) < 4.78 is 30.0. The molecule has 9 heteroatoms. The van der Waals surface area contributed by atoms with Crippen molar-refractivity contribution in [1.29, 1.82) is 0 Å². The molecule has 7 rings (SSSR count). The molecule has 1 saturated carbocycles. The molecule has 270 valence electrons. The summed E-state index contributed by atoms with van der Waals surface area (Å²) in [6.07, 6.45) is 12.1. The second kappa shape index (κ2) is 15.0. The van der Waals surface area contributed by atoms with E-state index in [9.17, 15) is 13.9 Å². The van der Waals surface area contributed by atoms with Crippen molar-refractivity contribution < 1.29 is 13.9 Å². The van der Waals surface area contributed by atoms with Crippen molar-refractivity contribution in [2.75, 3.05) is 6.54 Å². The first-order chi connectivity index (χ1) is 24.5. The van der Waals surface area contributed by atoms with Crippen LogP contribution in [0.1, 0.15) is 106 Å². The van der Waals surface area contributed by atoms with Gasteiger partial charge in [-0.05, 0) is 117 Å². The first-order valence-corrected chi connectivity index (χ1v) is 19.8. The minimum absolute atomic E-state index is 0.162. The third kappa shape index (κ3) is 7.38. The van der Waals surface area contributed by atoms with E-state index in [1.165, 1.54) is 34.9 Å². The predicted octanol–water partition coefficient (Wildman–Crippen LogP) is 10.8. The second-order valence-electron chi connectivity index (χ2n) is 15.2. The number of aliphatic imine (C=N–C) groups is 1. The molecular weight excluding hydrogens is 682 g/mol. The Morgan fingerprint density at radius 2 is 1.88 bits per heavy atom. The average Bonchev–Trinajstić information content (AvgIpc) is 3.91. The quantitative estimate of drug-likeness (QED) is 0.200. The molecule has 4 aliphatic rings. The van der Waals surface area contributed by atoms with Gasteiger partial charge in [0.1, 0.15) is 17.7 Å². The number of hydrogen-bond donors (Lipinski definition) is 1. The van der Waals surface area contributed by atoms with Crippen molar-refractivity contribution in [3.63, 3.8) is 0 Å². The largest absolute Gasteiger partial charge is 0.390 e. The van der Waals surface area contributed by atoms with E-state index < -0.39 is 23.8 Å². The standard InChI is InChI=1S/C42H49ClF2N4OS/c1-5-29(11-8-28-9-12-30(13-10-28)31-16-19-42(50,20-17-31)26(2)3)32-23-37-39(36-18-21-49(47-36)27(4)44)40(34-15-14-33(45)24-35(34)43)46-41(48(37)25-32)38-7-6-22-51-38/h5-6,9-10,12-15,18,21-22,24,26-27,29,31-32,38,40,50H,1,7-8,11,16-17,19-20,23,25H2,2-4H3/t27?,29?,31?,32-,38?,40-,42?/m0/s1. The molecule has 2 aromatic carbocycles. The molecule has 1 N–H and O–H groups in total. The Morgan fingerprint density at radius 1 is 1.12 bits per heavy atom. The van der Waals surface area contributed by atoms with Crippen LogP contribution in [0.15, 0.2) is 89.6 Å². The molecule has 0 radical (unpaired) electrons. The summed E-state index contributed by atoms with van der Waals surface area (Å²) in [5.41, 5.74) is 5.59. The van der Waals surface area contributed by atoms with Crippen molar-refractivity contribution in [2.45, 2.75) is 101 Å². The van der Waals surface area contributed by atoms with Gasteiger partial charge in [-0.2, -0.15) is 5.10 Å². The molecule has 4 heterocycles. The van der Waals surface area contributed by atoms with E-state index in [1.807, 2.05) is 6.07 Å². The summed E-state index contributed by atoms with van der Waals surface area (Å²) in [7, 11) is 0. The lowest BCUT2D eigenvalue weighted by Crippen LogP contribution is -2.38. The maximum Gasteiger partial charge on any atom is 0.188 e. The zero-order chi connectivity index (χ0) is 35.9. The molecule has 3 aliphatic heterocycles. The first-order valence-electron chi connectivity index (χ1n) is 18.5. The Balaban J connectivity index is 1.14. The lowest BCUT2D eigenvalue weighted by molar-refractivity contribution is -0.0409. The van der Waals surface area contributed by atoms with Crippen molar-refractivity contribution in [1.82, 2.24) is 14.7 Å². The molecular formula is C42H49ClF2N4OS. The molecule has 0 spiro atoms. The van der Waals surface area contributed by atoms with E-state index in [4.69, 9.17) is 16.6 Å². The highest BCUT2D eigenvalue weighted by Gasteiger charge is 2.43. The van der Waals surface area contributed by atoms with Crippen LogP contribution >= 0.6 is 23.4 Å². The van der Waals surface area contributed by atoms with Crippen LogP contribution in [-0.2, 0) is 6.42 Å². The smallest absolute Gasteiger partial charge is 0.188 e. The normalized spacial score (nSPS) is 27.5. The van der Waals surface area contributed by atoms with Gasteiger partial charge in [0.2, 0.25) is 0 Å². The van der Waals surface area contributed by atoms with Gasteiger partial charge < -0.3 is 10.0 Å². The van der Waals surface area contributed by atoms with Crippen LogP contribution < -0.4 is 0 Å². The highest BCUT2D eigenvalue weighted by Crippen LogP contribution is 2.50. The molecule has 5 atom stereocenters. The van der Waals surface area contributed by atoms with Crippen LogP contribution in [0.25, 0.3) is 5.57 Å². The number of aromatic nitrogens is 2. The summed E-state index contributed by atoms with van der Waals surface area (Å²) in [6, 6.07) is 15.0. The number of alkyl halides is 1. The molecule has 0 amide bonds. The molecule has 0 bridgehead atoms. The van der Waals surface area contributed by atoms with Gasteiger partial charge in [0, 0.05) is 34.6 Å². The minimum Gasteiger partial charge on any atom is -0.390 e. The fourth-order valence-electron chi connectivity index (χ4n) is 8.55. The van der Waals surface area contributed by atoms with Crippen LogP contribution in [0.4, 0.5) is 8.78 Å². The molecule has 5 nitrogen and oxygen atoms in total. The summed E-state index contributed by atoms with van der Waals surface area (Å²) in [4.78, 5) is 7.77. The summed E-state index contributed by atoms with van der Waals surface area (Å²) in [5, 5.41) is 18.2. The number of aryl methyl sites for hydroxylation is 1. The highest BCUT2D eigenvalue weighted by molar-refractivity contribution is 8.03. The zero-order valence-electron chi connectivity index (χ0n) is 29.8. The Bertz CT molecular complexity index is 1820. The summed E-state index contributed by atoms with van der Waals surface area (Å²) in [5.74, 6) is 1.96. The van der Waals surface area contributed by atoms with E-state index in [1.54, 1.807) is 24.0 Å². The molecule has 1 saturated heterocycles. The molecule has 3 aromatic rings. The average molecular weight is 731 g/mol. The Hall–Kier alpha value is -3.20. The lowest BCUT2D eigenvalue weighted by atomic mass is 9.71. The minimum atomic E-state index is -1.28. The number of hydrogen-bond acceptors (Lipinski definition) is 5. The fraction of sp³-hybridized carbons (Fsp3) is 0.476. The van der Waals surface area contributed by atoms with Crippen LogP contribution in [0.2, 0.25) is 5.02 Å². The number of nitrogens with zero attached hydrogens (tertiary/aromatic N) is 4. The third-order valence-electron chi connectivity index (χ3n) is 11.9. The number of aliphatic hydroxyl groups is 1. The van der Waals surface area contributed by atoms with Crippen molar-refractivity contribution >= 4 is 34.8 Å². The van der Waals surface area contributed by atoms with E-state index in [0.29, 0.717) is 28.1 Å². The molecule has 1 aliphatic carbocycles. The SMILES string of the molecule is C=CC(CCc1ccc(C2CCC(O)(C(C)C)CC2)cc1)[C@H]1CC2=C(c3ccn(C(C)F)n3)[C@H](c3ccc(F)cc3Cl)N=C(C3CC=CS3)N2C1. The van der Waals surface area contributed by atoms with Gasteiger partial charge >= 0.3 is 0 Å². The summed E-state index contributed by atoms with van der Waals surface area (Å²) >= 11 is 8.50. The molecule has 3 unspecified atom stereocenters. The molecule has 2 fully saturated rings. The number of halogens is 3. The number of thioether (sulfide) groups is 1. The Labute approximate surface area is 310 Å². The van der Waals surface area contributed by atoms with Gasteiger partial charge in [0.25, 0.3) is 0 Å². The number of allylic oxidation sites excluding steroid dienone is 3. The van der Waals surface area contributed by atoms with Gasteiger partial charge in [-0.15, -0.1) is 18.3 Å². The van der Waals surface area contributed by atoms with Crippen LogP contribution in [-0.4, -0.2) is 43.0 Å². The number of rotatable bonds is 11. The van der Waals surface area contributed by atoms with Crippen molar-refractivity contribution in [3.05, 3.63) is 118 Å². The highest BCUT2D eigenvalue weighted by atomic mass is 35.5. The molecule has 1 aromatic heterocycles. The Kier molecular flexibility index (Phi) is 10.7. The van der Waals surface area contributed by atoms with Crippen molar-refractivity contribution in [3.8, 4) is 0 Å². The zero-order valence-corrected chi connectivity index (χ0v) is 31.4. The topological polar surface area (TPSA) is 53.6 Å². The van der Waals surface area contributed by atoms with Gasteiger partial charge in [-0.3, -0.25) is 4.99 Å². The van der Waals surface area contributed by atoms with Crippen LogP contribution in [0.5, 0.6) is 0 Å². The maximum absolute atomic E-state index is 14.4. The van der Waals surface area contributed by atoms with Gasteiger partial charge in [0.05, 0.1) is 16.5 Å². The third-order valence-corrected chi connectivity index (χ3v) is 13.3.